The zero-order chi connectivity index (χ0) is 18.4. The van der Waals surface area contributed by atoms with Crippen LogP contribution in [0.1, 0.15) is 24.8 Å². The summed E-state index contributed by atoms with van der Waals surface area (Å²) in [4.78, 5) is 45.5. The van der Waals surface area contributed by atoms with Crippen LogP contribution in [0.15, 0.2) is 18.2 Å². The van der Waals surface area contributed by atoms with Crippen molar-refractivity contribution in [1.82, 2.24) is 4.90 Å². The number of nitrogens with zero attached hydrogens (tertiary/aromatic N) is 3. The third-order valence-corrected chi connectivity index (χ3v) is 3.88. The number of hydrogen-bond acceptors (Lipinski definition) is 7. The van der Waals surface area contributed by atoms with Crippen LogP contribution < -0.4 is 0 Å². The number of rotatable bonds is 6. The minimum Gasteiger partial charge on any atom is -0.455 e. The third kappa shape index (κ3) is 4.96. The van der Waals surface area contributed by atoms with E-state index in [1.54, 1.807) is 4.90 Å². The number of hydrogen-bond donors (Lipinski definition) is 0. The summed E-state index contributed by atoms with van der Waals surface area (Å²) in [5.41, 5.74) is -0.983. The Morgan fingerprint density at radius 1 is 1.08 bits per heavy atom. The molecule has 10 heteroatoms. The van der Waals surface area contributed by atoms with Gasteiger partial charge in [-0.15, -0.1) is 0 Å². The Labute approximate surface area is 142 Å². The van der Waals surface area contributed by atoms with Crippen LogP contribution in [0.2, 0.25) is 0 Å². The van der Waals surface area contributed by atoms with Gasteiger partial charge in [-0.05, 0) is 25.3 Å². The van der Waals surface area contributed by atoms with Gasteiger partial charge in [0.2, 0.25) is 0 Å². The topological polar surface area (TPSA) is 133 Å². The Kier molecular flexibility index (Phi) is 5.98. The molecule has 0 aromatic heterocycles. The molecule has 1 aromatic carbocycles. The SMILES string of the molecule is O=C(Cc1ccc([N+](=O)[O-])cc1[N+](=O)[O-])OCC(=O)N1CCCCC1. The maximum absolute atomic E-state index is 11.9. The van der Waals surface area contributed by atoms with E-state index in [-0.39, 0.29) is 11.5 Å². The fraction of sp³-hybridized carbons (Fsp3) is 0.467. The standard InChI is InChI=1S/C15H17N3O7/c19-14(16-6-2-1-3-7-16)10-25-15(20)8-11-4-5-12(17(21)22)9-13(11)18(23)24/h4-5,9H,1-3,6-8,10H2. The molecule has 134 valence electrons. The first-order valence-electron chi connectivity index (χ1n) is 7.73. The summed E-state index contributed by atoms with van der Waals surface area (Å²) in [6.45, 7) is 0.841. The number of carbonyl (C=O) groups is 2. The van der Waals surface area contributed by atoms with Crippen LogP contribution in [0.3, 0.4) is 0 Å². The van der Waals surface area contributed by atoms with Crippen molar-refractivity contribution in [2.24, 2.45) is 0 Å². The van der Waals surface area contributed by atoms with E-state index in [1.807, 2.05) is 0 Å². The molecule has 1 aliphatic rings. The number of nitro benzene ring substituents is 2. The van der Waals surface area contributed by atoms with Crippen LogP contribution in [0.4, 0.5) is 11.4 Å². The van der Waals surface area contributed by atoms with Gasteiger partial charge in [-0.25, -0.2) is 0 Å². The lowest BCUT2D eigenvalue weighted by Gasteiger charge is -2.26. The number of carbonyl (C=O) groups excluding carboxylic acids is 2. The highest BCUT2D eigenvalue weighted by molar-refractivity contribution is 5.81. The summed E-state index contributed by atoms with van der Waals surface area (Å²) in [6, 6.07) is 3.01. The van der Waals surface area contributed by atoms with Crippen molar-refractivity contribution >= 4 is 23.3 Å². The second kappa shape index (κ2) is 8.18. The predicted octanol–water partition coefficient (Wildman–Crippen LogP) is 1.60. The van der Waals surface area contributed by atoms with Gasteiger partial charge in [-0.1, -0.05) is 0 Å². The highest BCUT2D eigenvalue weighted by Gasteiger charge is 2.23. The molecule has 1 fully saturated rings. The number of nitro groups is 2. The molecule has 0 unspecified atom stereocenters. The Hall–Kier alpha value is -3.04. The van der Waals surface area contributed by atoms with Gasteiger partial charge in [-0.2, -0.15) is 0 Å². The Morgan fingerprint density at radius 3 is 2.36 bits per heavy atom. The van der Waals surface area contributed by atoms with Gasteiger partial charge in [0.25, 0.3) is 17.3 Å². The lowest BCUT2D eigenvalue weighted by atomic mass is 10.1. The van der Waals surface area contributed by atoms with E-state index in [9.17, 15) is 29.8 Å². The Balaban J connectivity index is 1.96. The van der Waals surface area contributed by atoms with Crippen molar-refractivity contribution in [3.05, 3.63) is 44.0 Å². The molecule has 0 radical (unpaired) electrons. The lowest BCUT2D eigenvalue weighted by Crippen LogP contribution is -2.38. The van der Waals surface area contributed by atoms with Crippen molar-refractivity contribution < 1.29 is 24.2 Å². The van der Waals surface area contributed by atoms with Crippen LogP contribution >= 0.6 is 0 Å². The predicted molar refractivity (Wildman–Crippen MR) is 84.8 cm³/mol. The summed E-state index contributed by atoms with van der Waals surface area (Å²) < 4.78 is 4.89. The molecular formula is C15H17N3O7. The molecule has 1 aromatic rings. The largest absolute Gasteiger partial charge is 0.455 e. The smallest absolute Gasteiger partial charge is 0.311 e. The van der Waals surface area contributed by atoms with Crippen LogP contribution in [0.25, 0.3) is 0 Å². The van der Waals surface area contributed by atoms with Crippen molar-refractivity contribution in [2.45, 2.75) is 25.7 Å². The van der Waals surface area contributed by atoms with Gasteiger partial charge in [0.1, 0.15) is 0 Å². The number of likely N-dealkylation sites (tertiary alicyclic amines) is 1. The number of ether oxygens (including phenoxy) is 1. The van der Waals surface area contributed by atoms with Gasteiger partial charge in [0.15, 0.2) is 6.61 Å². The van der Waals surface area contributed by atoms with Crippen LogP contribution in [0.5, 0.6) is 0 Å². The number of esters is 1. The average molecular weight is 351 g/mol. The van der Waals surface area contributed by atoms with E-state index in [1.165, 1.54) is 0 Å². The number of piperidine rings is 1. The van der Waals surface area contributed by atoms with Gasteiger partial charge >= 0.3 is 5.97 Å². The maximum Gasteiger partial charge on any atom is 0.311 e. The normalized spacial score (nSPS) is 14.0. The first kappa shape index (κ1) is 18.3. The van der Waals surface area contributed by atoms with Gasteiger partial charge in [0, 0.05) is 24.7 Å². The van der Waals surface area contributed by atoms with Crippen molar-refractivity contribution in [1.29, 1.82) is 0 Å². The monoisotopic (exact) mass is 351 g/mol. The molecule has 1 saturated heterocycles. The molecule has 0 N–H and O–H groups in total. The second-order valence-corrected chi connectivity index (χ2v) is 5.61. The molecule has 10 nitrogen and oxygen atoms in total. The molecule has 25 heavy (non-hydrogen) atoms. The van der Waals surface area contributed by atoms with E-state index in [2.05, 4.69) is 0 Å². The molecule has 1 heterocycles. The first-order valence-corrected chi connectivity index (χ1v) is 7.73. The van der Waals surface area contributed by atoms with E-state index >= 15 is 0 Å². The molecule has 0 saturated carbocycles. The van der Waals surface area contributed by atoms with Crippen molar-refractivity contribution in [3.63, 3.8) is 0 Å². The summed E-state index contributed by atoms with van der Waals surface area (Å²) in [5, 5.41) is 21.7. The summed E-state index contributed by atoms with van der Waals surface area (Å²) in [6.07, 6.45) is 2.44. The van der Waals surface area contributed by atoms with E-state index in [4.69, 9.17) is 4.74 Å². The maximum atomic E-state index is 11.9. The molecule has 0 spiro atoms. The van der Waals surface area contributed by atoms with Crippen molar-refractivity contribution in [3.8, 4) is 0 Å². The molecule has 1 amide bonds. The number of non-ortho nitro benzene ring substituents is 1. The van der Waals surface area contributed by atoms with Gasteiger partial charge in [-0.3, -0.25) is 29.8 Å². The Bertz CT molecular complexity index is 698. The fourth-order valence-electron chi connectivity index (χ4n) is 2.57. The number of amides is 1. The van der Waals surface area contributed by atoms with E-state index < -0.39 is 40.2 Å². The lowest BCUT2D eigenvalue weighted by molar-refractivity contribution is -0.394. The molecule has 1 aliphatic heterocycles. The van der Waals surface area contributed by atoms with Crippen LogP contribution in [0, 0.1) is 20.2 Å². The summed E-state index contributed by atoms with van der Waals surface area (Å²) in [5.74, 6) is -1.10. The Morgan fingerprint density at radius 2 is 1.76 bits per heavy atom. The van der Waals surface area contributed by atoms with Crippen LogP contribution in [-0.4, -0.2) is 46.3 Å². The third-order valence-electron chi connectivity index (χ3n) is 3.88. The van der Waals surface area contributed by atoms with E-state index in [0.717, 1.165) is 37.5 Å². The number of benzene rings is 1. The van der Waals surface area contributed by atoms with Gasteiger partial charge in [0.05, 0.1) is 22.3 Å². The van der Waals surface area contributed by atoms with Gasteiger partial charge < -0.3 is 9.64 Å². The zero-order valence-electron chi connectivity index (χ0n) is 13.4. The highest BCUT2D eigenvalue weighted by atomic mass is 16.6. The second-order valence-electron chi connectivity index (χ2n) is 5.61. The molecule has 0 aliphatic carbocycles. The first-order chi connectivity index (χ1) is 11.9. The van der Waals surface area contributed by atoms with Crippen LogP contribution in [-0.2, 0) is 20.7 Å². The quantitative estimate of drug-likeness (QED) is 0.432. The highest BCUT2D eigenvalue weighted by Crippen LogP contribution is 2.25. The zero-order valence-corrected chi connectivity index (χ0v) is 13.4. The fourth-order valence-corrected chi connectivity index (χ4v) is 2.57. The summed E-state index contributed by atoms with van der Waals surface area (Å²) >= 11 is 0. The van der Waals surface area contributed by atoms with E-state index in [0.29, 0.717) is 13.1 Å². The minimum atomic E-state index is -0.803. The molecule has 0 bridgehead atoms. The molecular weight excluding hydrogens is 334 g/mol. The summed E-state index contributed by atoms with van der Waals surface area (Å²) in [7, 11) is 0. The van der Waals surface area contributed by atoms with Crippen molar-refractivity contribution in [2.75, 3.05) is 19.7 Å². The average Bonchev–Trinajstić information content (AvgIpc) is 2.60. The minimum absolute atomic E-state index is 0.00831. The molecule has 2 rings (SSSR count). The molecule has 0 atom stereocenters.